The van der Waals surface area contributed by atoms with E-state index < -0.39 is 12.1 Å². The maximum absolute atomic E-state index is 12.7. The first-order valence-corrected chi connectivity index (χ1v) is 9.27. The van der Waals surface area contributed by atoms with E-state index in [2.05, 4.69) is 19.9 Å². The van der Waals surface area contributed by atoms with Gasteiger partial charge in [0.2, 0.25) is 0 Å². The second-order valence-electron chi connectivity index (χ2n) is 6.75. The lowest BCUT2D eigenvalue weighted by Gasteiger charge is -2.29. The molecule has 1 aliphatic heterocycles. The molecule has 0 aliphatic carbocycles. The topological polar surface area (TPSA) is 68.1 Å². The van der Waals surface area contributed by atoms with Gasteiger partial charge in [-0.3, -0.25) is 9.20 Å². The van der Waals surface area contributed by atoms with Gasteiger partial charge in [-0.25, -0.2) is 4.98 Å². The number of alkyl halides is 3. The van der Waals surface area contributed by atoms with E-state index in [9.17, 15) is 18.0 Å². The van der Waals surface area contributed by atoms with E-state index in [-0.39, 0.29) is 17.0 Å². The molecule has 30 heavy (non-hydrogen) atoms. The minimum atomic E-state index is -4.87. The smallest absolute Gasteiger partial charge is 0.493 e. The van der Waals surface area contributed by atoms with Crippen molar-refractivity contribution in [2.45, 2.75) is 6.36 Å². The van der Waals surface area contributed by atoms with Crippen LogP contribution in [0.3, 0.4) is 0 Å². The van der Waals surface area contributed by atoms with E-state index in [1.165, 1.54) is 29.7 Å². The Morgan fingerprint density at radius 3 is 2.53 bits per heavy atom. The van der Waals surface area contributed by atoms with Crippen molar-refractivity contribution >= 4 is 11.3 Å². The number of benzene rings is 1. The summed E-state index contributed by atoms with van der Waals surface area (Å²) in [5.74, 6) is -0.576. The van der Waals surface area contributed by atoms with Crippen molar-refractivity contribution in [2.75, 3.05) is 38.2 Å². The summed E-state index contributed by atoms with van der Waals surface area (Å²) < 4.78 is 48.5. The van der Waals surface area contributed by atoms with Gasteiger partial charge in [0.05, 0.1) is 18.5 Å². The summed E-state index contributed by atoms with van der Waals surface area (Å²) in [6, 6.07) is 8.90. The number of hydrogen-bond acceptors (Lipinski definition) is 6. The lowest BCUT2D eigenvalue weighted by molar-refractivity contribution is -0.275. The Morgan fingerprint density at radius 2 is 1.83 bits per heavy atom. The highest BCUT2D eigenvalue weighted by atomic mass is 19.4. The Kier molecular flexibility index (Phi) is 5.25. The molecular formula is C20H19F3N4O3. The van der Waals surface area contributed by atoms with Crippen molar-refractivity contribution in [1.29, 1.82) is 0 Å². The standard InChI is InChI=1S/C20H19F3N4O3/c1-29-16-4-2-13(10-17(16)30-20(21,22)23)15-11-19(28)27-12-14(3-5-18(27)25-15)26-8-6-24-7-9-26/h2-5,10-12,24H,6-9H2,1H3. The SMILES string of the molecule is COc1ccc(-c2cc(=O)n3cc(N4CCNCC4)ccc3n2)cc1OC(F)(F)F. The average molecular weight is 420 g/mol. The van der Waals surface area contributed by atoms with E-state index in [0.29, 0.717) is 11.2 Å². The van der Waals surface area contributed by atoms with Gasteiger partial charge < -0.3 is 19.7 Å². The molecule has 0 saturated carbocycles. The summed E-state index contributed by atoms with van der Waals surface area (Å²) in [7, 11) is 1.24. The monoisotopic (exact) mass is 420 g/mol. The van der Waals surface area contributed by atoms with E-state index in [1.54, 1.807) is 12.3 Å². The zero-order chi connectivity index (χ0) is 21.3. The zero-order valence-corrected chi connectivity index (χ0v) is 16.1. The molecule has 3 aromatic rings. The first-order valence-electron chi connectivity index (χ1n) is 9.27. The van der Waals surface area contributed by atoms with Crippen LogP contribution in [0.2, 0.25) is 0 Å². The number of aromatic nitrogens is 2. The Bertz CT molecular complexity index is 1120. The van der Waals surface area contributed by atoms with Gasteiger partial charge in [0, 0.05) is 44.0 Å². The maximum Gasteiger partial charge on any atom is 0.573 e. The molecule has 158 valence electrons. The molecule has 0 amide bonds. The van der Waals surface area contributed by atoms with Crippen LogP contribution in [0, 0.1) is 0 Å². The van der Waals surface area contributed by atoms with E-state index in [0.717, 1.165) is 37.9 Å². The number of piperazine rings is 1. The van der Waals surface area contributed by atoms with Gasteiger partial charge >= 0.3 is 6.36 Å². The van der Waals surface area contributed by atoms with Gasteiger partial charge in [-0.2, -0.15) is 0 Å². The Labute approximate surface area is 169 Å². The molecule has 0 spiro atoms. The fourth-order valence-corrected chi connectivity index (χ4v) is 3.39. The molecule has 2 aromatic heterocycles. The average Bonchev–Trinajstić information content (AvgIpc) is 2.73. The number of nitrogens with zero attached hydrogens (tertiary/aromatic N) is 3. The van der Waals surface area contributed by atoms with Gasteiger partial charge in [0.15, 0.2) is 11.5 Å². The molecule has 1 aliphatic rings. The predicted octanol–water partition coefficient (Wildman–Crippen LogP) is 2.68. The summed E-state index contributed by atoms with van der Waals surface area (Å²) in [6.45, 7) is 3.40. The second-order valence-corrected chi connectivity index (χ2v) is 6.75. The fourth-order valence-electron chi connectivity index (χ4n) is 3.39. The minimum Gasteiger partial charge on any atom is -0.493 e. The number of anilines is 1. The van der Waals surface area contributed by atoms with Crippen LogP contribution in [-0.4, -0.2) is 49.0 Å². The molecular weight excluding hydrogens is 401 g/mol. The van der Waals surface area contributed by atoms with Crippen LogP contribution < -0.4 is 25.2 Å². The number of hydrogen-bond donors (Lipinski definition) is 1. The Balaban J connectivity index is 1.73. The largest absolute Gasteiger partial charge is 0.573 e. The number of nitrogens with one attached hydrogen (secondary N) is 1. The van der Waals surface area contributed by atoms with Crippen LogP contribution in [0.4, 0.5) is 18.9 Å². The molecule has 1 aromatic carbocycles. The fraction of sp³-hybridized carbons (Fsp3) is 0.300. The number of halogens is 3. The second kappa shape index (κ2) is 7.86. The molecule has 0 radical (unpaired) electrons. The minimum absolute atomic E-state index is 0.0748. The molecule has 4 rings (SSSR count). The quantitative estimate of drug-likeness (QED) is 0.700. The lowest BCUT2D eigenvalue weighted by Crippen LogP contribution is -2.43. The van der Waals surface area contributed by atoms with Crippen molar-refractivity contribution in [3.63, 3.8) is 0 Å². The van der Waals surface area contributed by atoms with Gasteiger partial charge in [0.25, 0.3) is 5.56 Å². The van der Waals surface area contributed by atoms with Gasteiger partial charge in [-0.05, 0) is 30.3 Å². The number of ether oxygens (including phenoxy) is 2. The Hall–Kier alpha value is -3.27. The first kappa shape index (κ1) is 20.0. The highest BCUT2D eigenvalue weighted by molar-refractivity contribution is 5.66. The van der Waals surface area contributed by atoms with E-state index >= 15 is 0 Å². The number of rotatable bonds is 4. The number of methoxy groups -OCH3 is 1. The summed E-state index contributed by atoms with van der Waals surface area (Å²) in [4.78, 5) is 19.3. The molecule has 1 N–H and O–H groups in total. The van der Waals surface area contributed by atoms with E-state index in [4.69, 9.17) is 4.74 Å². The van der Waals surface area contributed by atoms with Crippen molar-refractivity contribution in [3.05, 3.63) is 52.9 Å². The van der Waals surface area contributed by atoms with Crippen LogP contribution in [0.5, 0.6) is 11.5 Å². The summed E-state index contributed by atoms with van der Waals surface area (Å²) >= 11 is 0. The summed E-state index contributed by atoms with van der Waals surface area (Å²) in [6.07, 6.45) is -3.14. The molecule has 0 bridgehead atoms. The van der Waals surface area contributed by atoms with Crippen LogP contribution >= 0.6 is 0 Å². The first-order chi connectivity index (χ1) is 14.3. The highest BCUT2D eigenvalue weighted by Gasteiger charge is 2.32. The third kappa shape index (κ3) is 4.18. The molecule has 7 nitrogen and oxygen atoms in total. The van der Waals surface area contributed by atoms with Gasteiger partial charge in [0.1, 0.15) is 5.65 Å². The Morgan fingerprint density at radius 1 is 1.07 bits per heavy atom. The third-order valence-electron chi connectivity index (χ3n) is 4.81. The normalized spacial score (nSPS) is 14.7. The van der Waals surface area contributed by atoms with Crippen LogP contribution in [0.15, 0.2) is 47.4 Å². The maximum atomic E-state index is 12.7. The van der Waals surface area contributed by atoms with Gasteiger partial charge in [-0.1, -0.05) is 0 Å². The molecule has 1 fully saturated rings. The highest BCUT2D eigenvalue weighted by Crippen LogP contribution is 2.35. The molecule has 10 heteroatoms. The lowest BCUT2D eigenvalue weighted by atomic mass is 10.1. The number of fused-ring (bicyclic) bond motifs is 1. The predicted molar refractivity (Wildman–Crippen MR) is 105 cm³/mol. The van der Waals surface area contributed by atoms with E-state index in [1.807, 2.05) is 6.07 Å². The van der Waals surface area contributed by atoms with Crippen molar-refractivity contribution in [2.24, 2.45) is 0 Å². The van der Waals surface area contributed by atoms with Crippen LogP contribution in [0.1, 0.15) is 0 Å². The zero-order valence-electron chi connectivity index (χ0n) is 16.1. The van der Waals surface area contributed by atoms with Gasteiger partial charge in [-0.15, -0.1) is 13.2 Å². The van der Waals surface area contributed by atoms with Crippen molar-refractivity contribution in [1.82, 2.24) is 14.7 Å². The summed E-state index contributed by atoms with van der Waals surface area (Å²) in [5.41, 5.74) is 1.52. The number of pyridine rings is 1. The molecule has 1 saturated heterocycles. The molecule has 3 heterocycles. The van der Waals surface area contributed by atoms with Crippen LogP contribution in [0.25, 0.3) is 16.9 Å². The molecule has 0 unspecified atom stereocenters. The molecule has 0 atom stereocenters. The van der Waals surface area contributed by atoms with Crippen molar-refractivity contribution in [3.8, 4) is 22.8 Å². The third-order valence-corrected chi connectivity index (χ3v) is 4.81. The van der Waals surface area contributed by atoms with Crippen LogP contribution in [-0.2, 0) is 0 Å². The summed E-state index contributed by atoms with van der Waals surface area (Å²) in [5, 5.41) is 3.27. The van der Waals surface area contributed by atoms with Crippen molar-refractivity contribution < 1.29 is 22.6 Å².